The van der Waals surface area contributed by atoms with Crippen molar-refractivity contribution in [2.45, 2.75) is 13.3 Å². The van der Waals surface area contributed by atoms with E-state index in [-0.39, 0.29) is 18.9 Å². The van der Waals surface area contributed by atoms with Gasteiger partial charge in [0.1, 0.15) is 12.3 Å². The Balaban J connectivity index is 2.57. The van der Waals surface area contributed by atoms with E-state index in [0.717, 1.165) is 4.90 Å². The highest BCUT2D eigenvalue weighted by molar-refractivity contribution is 7.80. The summed E-state index contributed by atoms with van der Waals surface area (Å²) in [5.41, 5.74) is 0. The molecule has 22 heavy (non-hydrogen) atoms. The first-order chi connectivity index (χ1) is 10.4. The molecule has 0 aliphatic carbocycles. The highest BCUT2D eigenvalue weighted by Gasteiger charge is 2.22. The van der Waals surface area contributed by atoms with Crippen LogP contribution < -0.4 is 4.74 Å². The van der Waals surface area contributed by atoms with Gasteiger partial charge in [-0.25, -0.2) is 0 Å². The minimum Gasteiger partial charge on any atom is -0.480 e. The Kier molecular flexibility index (Phi) is 7.45. The monoisotopic (exact) mass is 325 g/mol. The SMILES string of the molecule is CC(CS)C(=O)N(CCC(=O)Oc1ccccc1)CC(=O)O. The van der Waals surface area contributed by atoms with Crippen molar-refractivity contribution in [3.63, 3.8) is 0 Å². The van der Waals surface area contributed by atoms with Crippen LogP contribution in [0.2, 0.25) is 0 Å². The summed E-state index contributed by atoms with van der Waals surface area (Å²) >= 11 is 4.03. The zero-order valence-corrected chi connectivity index (χ0v) is 13.2. The predicted octanol–water partition coefficient (Wildman–Crippen LogP) is 1.46. The largest absolute Gasteiger partial charge is 0.480 e. The Morgan fingerprint density at radius 1 is 1.27 bits per heavy atom. The molecule has 7 heteroatoms. The maximum atomic E-state index is 12.0. The Morgan fingerprint density at radius 2 is 1.91 bits per heavy atom. The molecule has 1 atom stereocenters. The van der Waals surface area contributed by atoms with E-state index in [9.17, 15) is 14.4 Å². The number of carbonyl (C=O) groups excluding carboxylic acids is 2. The predicted molar refractivity (Wildman–Crippen MR) is 83.9 cm³/mol. The molecule has 0 saturated carbocycles. The van der Waals surface area contributed by atoms with Gasteiger partial charge in [0.05, 0.1) is 6.42 Å². The quantitative estimate of drug-likeness (QED) is 0.429. The van der Waals surface area contributed by atoms with Crippen LogP contribution >= 0.6 is 12.6 Å². The van der Waals surface area contributed by atoms with Crippen molar-refractivity contribution in [2.75, 3.05) is 18.8 Å². The van der Waals surface area contributed by atoms with Crippen molar-refractivity contribution in [1.82, 2.24) is 4.90 Å². The first kappa shape index (κ1) is 18.0. The lowest BCUT2D eigenvalue weighted by molar-refractivity contribution is -0.147. The van der Waals surface area contributed by atoms with Crippen molar-refractivity contribution in [3.05, 3.63) is 30.3 Å². The smallest absolute Gasteiger partial charge is 0.323 e. The summed E-state index contributed by atoms with van der Waals surface area (Å²) < 4.78 is 5.10. The third kappa shape index (κ3) is 6.17. The molecule has 0 spiro atoms. The van der Waals surface area contributed by atoms with Crippen LogP contribution in [0.3, 0.4) is 0 Å². The van der Waals surface area contributed by atoms with Crippen LogP contribution in [-0.4, -0.2) is 46.7 Å². The average Bonchev–Trinajstić information content (AvgIpc) is 2.50. The summed E-state index contributed by atoms with van der Waals surface area (Å²) in [4.78, 5) is 35.8. The Bertz CT molecular complexity index is 520. The molecular weight excluding hydrogens is 306 g/mol. The van der Waals surface area contributed by atoms with E-state index >= 15 is 0 Å². The van der Waals surface area contributed by atoms with Crippen LogP contribution in [0, 0.1) is 5.92 Å². The van der Waals surface area contributed by atoms with Crippen LogP contribution in [0.1, 0.15) is 13.3 Å². The van der Waals surface area contributed by atoms with E-state index in [0.29, 0.717) is 11.5 Å². The number of para-hydroxylation sites is 1. The fourth-order valence-corrected chi connectivity index (χ4v) is 1.87. The number of esters is 1. The maximum absolute atomic E-state index is 12.0. The summed E-state index contributed by atoms with van der Waals surface area (Å²) in [5, 5.41) is 8.86. The van der Waals surface area contributed by atoms with E-state index in [2.05, 4.69) is 12.6 Å². The summed E-state index contributed by atoms with van der Waals surface area (Å²) in [7, 11) is 0. The highest BCUT2D eigenvalue weighted by Crippen LogP contribution is 2.10. The van der Waals surface area contributed by atoms with Crippen molar-refractivity contribution in [2.24, 2.45) is 5.92 Å². The molecule has 0 heterocycles. The number of thiol groups is 1. The number of benzene rings is 1. The van der Waals surface area contributed by atoms with Crippen LogP contribution in [0.15, 0.2) is 30.3 Å². The molecule has 1 aromatic carbocycles. The second-order valence-corrected chi connectivity index (χ2v) is 5.14. The van der Waals surface area contributed by atoms with Crippen molar-refractivity contribution in [1.29, 1.82) is 0 Å². The van der Waals surface area contributed by atoms with E-state index in [4.69, 9.17) is 9.84 Å². The van der Waals surface area contributed by atoms with E-state index in [1.807, 2.05) is 0 Å². The summed E-state index contributed by atoms with van der Waals surface area (Å²) in [6, 6.07) is 8.54. The molecule has 0 radical (unpaired) electrons. The average molecular weight is 325 g/mol. The van der Waals surface area contributed by atoms with Crippen molar-refractivity contribution in [3.8, 4) is 5.75 Å². The minimum absolute atomic E-state index is 0.00504. The zero-order valence-electron chi connectivity index (χ0n) is 12.3. The number of hydrogen-bond donors (Lipinski definition) is 2. The molecule has 1 N–H and O–H groups in total. The normalized spacial score (nSPS) is 11.5. The van der Waals surface area contributed by atoms with E-state index in [1.165, 1.54) is 0 Å². The molecule has 6 nitrogen and oxygen atoms in total. The Hall–Kier alpha value is -2.02. The number of ether oxygens (including phenoxy) is 1. The van der Waals surface area contributed by atoms with Gasteiger partial charge < -0.3 is 14.7 Å². The van der Waals surface area contributed by atoms with E-state index in [1.54, 1.807) is 37.3 Å². The van der Waals surface area contributed by atoms with Gasteiger partial charge >= 0.3 is 11.9 Å². The van der Waals surface area contributed by atoms with Gasteiger partial charge in [0.25, 0.3) is 0 Å². The molecule has 0 aliphatic heterocycles. The van der Waals surface area contributed by atoms with Crippen LogP contribution in [0.5, 0.6) is 5.75 Å². The molecule has 0 saturated heterocycles. The number of nitrogens with zero attached hydrogens (tertiary/aromatic N) is 1. The molecule has 0 fully saturated rings. The van der Waals surface area contributed by atoms with Gasteiger partial charge in [-0.3, -0.25) is 14.4 Å². The minimum atomic E-state index is -1.13. The first-order valence-electron chi connectivity index (χ1n) is 6.81. The number of rotatable bonds is 8. The summed E-state index contributed by atoms with van der Waals surface area (Å²) in [5.74, 6) is -1.68. The standard InChI is InChI=1S/C15H19NO5S/c1-11(10-22)15(20)16(9-13(17)18)8-7-14(19)21-12-5-3-2-4-6-12/h2-6,11,22H,7-10H2,1H3,(H,17,18). The third-order valence-electron chi connectivity index (χ3n) is 2.89. The lowest BCUT2D eigenvalue weighted by Crippen LogP contribution is -2.41. The topological polar surface area (TPSA) is 83.9 Å². The van der Waals surface area contributed by atoms with Gasteiger partial charge in [-0.15, -0.1) is 0 Å². The highest BCUT2D eigenvalue weighted by atomic mass is 32.1. The summed E-state index contributed by atoms with van der Waals surface area (Å²) in [6.07, 6.45) is -0.0762. The summed E-state index contributed by atoms with van der Waals surface area (Å²) in [6.45, 7) is 1.21. The van der Waals surface area contributed by atoms with Gasteiger partial charge in [0.2, 0.25) is 5.91 Å². The maximum Gasteiger partial charge on any atom is 0.323 e. The molecule has 120 valence electrons. The number of amides is 1. The molecule has 1 amide bonds. The third-order valence-corrected chi connectivity index (χ3v) is 3.44. The molecule has 1 rings (SSSR count). The zero-order chi connectivity index (χ0) is 16.5. The van der Waals surface area contributed by atoms with Gasteiger partial charge in [-0.05, 0) is 12.1 Å². The van der Waals surface area contributed by atoms with E-state index < -0.39 is 24.4 Å². The first-order valence-corrected chi connectivity index (χ1v) is 7.44. The van der Waals surface area contributed by atoms with Crippen molar-refractivity contribution >= 4 is 30.5 Å². The molecular formula is C15H19NO5S. The molecule has 1 unspecified atom stereocenters. The lowest BCUT2D eigenvalue weighted by Gasteiger charge is -2.23. The van der Waals surface area contributed by atoms with Crippen LogP contribution in [0.25, 0.3) is 0 Å². The lowest BCUT2D eigenvalue weighted by atomic mass is 10.2. The second-order valence-electron chi connectivity index (χ2n) is 4.77. The number of carboxylic acids is 1. The molecule has 0 aliphatic rings. The fourth-order valence-electron chi connectivity index (χ4n) is 1.72. The molecule has 1 aromatic rings. The molecule has 0 aromatic heterocycles. The number of carboxylic acid groups (broad SMARTS) is 1. The van der Waals surface area contributed by atoms with Gasteiger partial charge in [0, 0.05) is 18.2 Å². The van der Waals surface area contributed by atoms with Gasteiger partial charge in [-0.1, -0.05) is 25.1 Å². The van der Waals surface area contributed by atoms with Crippen molar-refractivity contribution < 1.29 is 24.2 Å². The number of aliphatic carboxylic acids is 1. The van der Waals surface area contributed by atoms with Crippen LogP contribution in [-0.2, 0) is 14.4 Å². The Labute approximate surface area is 134 Å². The number of hydrogen-bond acceptors (Lipinski definition) is 5. The Morgan fingerprint density at radius 3 is 2.45 bits per heavy atom. The fraction of sp³-hybridized carbons (Fsp3) is 0.400. The number of carbonyl (C=O) groups is 3. The molecule has 0 bridgehead atoms. The second kappa shape index (κ2) is 9.09. The van der Waals surface area contributed by atoms with Gasteiger partial charge in [-0.2, -0.15) is 12.6 Å². The van der Waals surface area contributed by atoms with Gasteiger partial charge in [0.15, 0.2) is 0 Å². The van der Waals surface area contributed by atoms with Crippen LogP contribution in [0.4, 0.5) is 0 Å².